The molecule has 1 aliphatic heterocycles. The summed E-state index contributed by atoms with van der Waals surface area (Å²) in [5, 5.41) is 15.9. The predicted molar refractivity (Wildman–Crippen MR) is 68.4 cm³/mol. The van der Waals surface area contributed by atoms with Crippen LogP contribution >= 0.6 is 11.5 Å². The third-order valence-corrected chi connectivity index (χ3v) is 3.75. The lowest BCUT2D eigenvalue weighted by molar-refractivity contribution is 0.0757. The molecule has 1 aromatic rings. The van der Waals surface area contributed by atoms with Gasteiger partial charge in [0.15, 0.2) is 0 Å². The zero-order chi connectivity index (χ0) is 13.1. The van der Waals surface area contributed by atoms with Crippen LogP contribution < -0.4 is 0 Å². The Morgan fingerprint density at radius 1 is 1.44 bits per heavy atom. The van der Waals surface area contributed by atoms with Crippen LogP contribution in [0.1, 0.15) is 48.0 Å². The number of carbonyl (C=O) groups excluding carboxylic acids is 1. The summed E-state index contributed by atoms with van der Waals surface area (Å²) in [6, 6.07) is 0. The molecule has 1 aliphatic rings. The van der Waals surface area contributed by atoms with Gasteiger partial charge in [0.25, 0.3) is 5.91 Å². The first-order chi connectivity index (χ1) is 8.63. The molecule has 1 saturated heterocycles. The van der Waals surface area contributed by atoms with Gasteiger partial charge in [-0.05, 0) is 17.5 Å². The van der Waals surface area contributed by atoms with Crippen molar-refractivity contribution in [3.8, 4) is 0 Å². The van der Waals surface area contributed by atoms with Crippen LogP contribution in [0.2, 0.25) is 0 Å². The topological polar surface area (TPSA) is 78.7 Å². The van der Waals surface area contributed by atoms with E-state index in [4.69, 9.17) is 5.21 Å². The Hall–Kier alpha value is -1.50. The number of amides is 1. The predicted octanol–water partition coefficient (Wildman–Crippen LogP) is 1.73. The molecule has 0 spiro atoms. The maximum Gasteiger partial charge on any atom is 0.267 e. The molecular formula is C11H16N4O2S. The van der Waals surface area contributed by atoms with E-state index in [9.17, 15) is 4.79 Å². The van der Waals surface area contributed by atoms with E-state index in [1.807, 2.05) is 13.8 Å². The van der Waals surface area contributed by atoms with Crippen LogP contribution in [-0.4, -0.2) is 44.4 Å². The second kappa shape index (κ2) is 5.43. The fourth-order valence-electron chi connectivity index (χ4n) is 1.94. The summed E-state index contributed by atoms with van der Waals surface area (Å²) in [5.74, 6) is 0.188. The average molecular weight is 268 g/mol. The molecule has 1 N–H and O–H groups in total. The van der Waals surface area contributed by atoms with Gasteiger partial charge in [-0.3, -0.25) is 4.79 Å². The first-order valence-electron chi connectivity index (χ1n) is 5.94. The Morgan fingerprint density at radius 2 is 2.11 bits per heavy atom. The molecular weight excluding hydrogens is 252 g/mol. The zero-order valence-electron chi connectivity index (χ0n) is 10.5. The molecule has 0 radical (unpaired) electrons. The van der Waals surface area contributed by atoms with Gasteiger partial charge in [-0.25, -0.2) is 0 Å². The number of aromatic nitrogens is 2. The lowest BCUT2D eigenvalue weighted by atomic mass is 10.1. The largest absolute Gasteiger partial charge is 0.411 e. The Bertz CT molecular complexity index is 459. The van der Waals surface area contributed by atoms with E-state index in [0.717, 1.165) is 22.9 Å². The molecule has 0 bridgehead atoms. The van der Waals surface area contributed by atoms with Crippen molar-refractivity contribution >= 4 is 23.2 Å². The monoisotopic (exact) mass is 268 g/mol. The van der Waals surface area contributed by atoms with Gasteiger partial charge in [0.05, 0.1) is 11.4 Å². The van der Waals surface area contributed by atoms with Crippen LogP contribution in [0.3, 0.4) is 0 Å². The Labute approximate surface area is 109 Å². The highest BCUT2D eigenvalue weighted by Crippen LogP contribution is 2.22. The van der Waals surface area contributed by atoms with E-state index >= 15 is 0 Å². The van der Waals surface area contributed by atoms with Crippen LogP contribution in [0.4, 0.5) is 0 Å². The van der Waals surface area contributed by atoms with Crippen LogP contribution in [0.15, 0.2) is 5.16 Å². The van der Waals surface area contributed by atoms with Crippen molar-refractivity contribution in [2.24, 2.45) is 5.16 Å². The molecule has 7 heteroatoms. The summed E-state index contributed by atoms with van der Waals surface area (Å²) < 4.78 is 3.87. The minimum Gasteiger partial charge on any atom is -0.411 e. The molecule has 0 saturated carbocycles. The van der Waals surface area contributed by atoms with Crippen LogP contribution in [0, 0.1) is 0 Å². The summed E-state index contributed by atoms with van der Waals surface area (Å²) in [6.07, 6.45) is 1.26. The minimum atomic E-state index is -0.00862. The molecule has 1 fully saturated rings. The molecule has 2 heterocycles. The lowest BCUT2D eigenvalue weighted by Crippen LogP contribution is -2.38. The van der Waals surface area contributed by atoms with Crippen LogP contribution in [0.25, 0.3) is 0 Å². The van der Waals surface area contributed by atoms with Crippen molar-refractivity contribution in [1.82, 2.24) is 14.5 Å². The summed E-state index contributed by atoms with van der Waals surface area (Å²) in [7, 11) is 0. The van der Waals surface area contributed by atoms with E-state index in [-0.39, 0.29) is 11.8 Å². The summed E-state index contributed by atoms with van der Waals surface area (Å²) in [5.41, 5.74) is 1.53. The zero-order valence-corrected chi connectivity index (χ0v) is 11.3. The third kappa shape index (κ3) is 2.50. The summed E-state index contributed by atoms with van der Waals surface area (Å²) >= 11 is 1.15. The Morgan fingerprint density at radius 3 is 2.67 bits per heavy atom. The number of nitrogens with zero attached hydrogens (tertiary/aromatic N) is 4. The van der Waals surface area contributed by atoms with Gasteiger partial charge in [0, 0.05) is 25.9 Å². The third-order valence-electron chi connectivity index (χ3n) is 3.02. The van der Waals surface area contributed by atoms with Crippen molar-refractivity contribution in [2.45, 2.75) is 32.6 Å². The van der Waals surface area contributed by atoms with Gasteiger partial charge >= 0.3 is 0 Å². The number of hydrogen-bond donors (Lipinski definition) is 1. The highest BCUT2D eigenvalue weighted by molar-refractivity contribution is 7.08. The molecule has 2 rings (SSSR count). The highest BCUT2D eigenvalue weighted by Gasteiger charge is 2.26. The first kappa shape index (κ1) is 12.9. The second-order valence-electron chi connectivity index (χ2n) is 4.60. The summed E-state index contributed by atoms with van der Waals surface area (Å²) in [4.78, 5) is 14.7. The molecule has 1 aromatic heterocycles. The number of rotatable bonds is 2. The van der Waals surface area contributed by atoms with E-state index in [0.29, 0.717) is 30.8 Å². The van der Waals surface area contributed by atoms with E-state index < -0.39 is 0 Å². The molecule has 0 aromatic carbocycles. The molecule has 6 nitrogen and oxygen atoms in total. The van der Waals surface area contributed by atoms with Gasteiger partial charge in [-0.2, -0.15) is 0 Å². The van der Waals surface area contributed by atoms with Gasteiger partial charge in [0.1, 0.15) is 4.88 Å². The van der Waals surface area contributed by atoms with E-state index in [2.05, 4.69) is 14.7 Å². The summed E-state index contributed by atoms with van der Waals surface area (Å²) in [6.45, 7) is 5.18. The number of hydrogen-bond acceptors (Lipinski definition) is 6. The maximum atomic E-state index is 12.3. The van der Waals surface area contributed by atoms with Crippen LogP contribution in [-0.2, 0) is 0 Å². The quantitative estimate of drug-likeness (QED) is 0.654. The van der Waals surface area contributed by atoms with Crippen molar-refractivity contribution in [2.75, 3.05) is 13.1 Å². The molecule has 0 atom stereocenters. The van der Waals surface area contributed by atoms with Gasteiger partial charge in [-0.1, -0.05) is 23.5 Å². The Balaban J connectivity index is 2.10. The van der Waals surface area contributed by atoms with Gasteiger partial charge in [0.2, 0.25) is 0 Å². The average Bonchev–Trinajstić information content (AvgIpc) is 2.87. The number of oxime groups is 1. The van der Waals surface area contributed by atoms with Gasteiger partial charge < -0.3 is 10.1 Å². The normalized spacial score (nSPS) is 16.2. The molecule has 0 unspecified atom stereocenters. The lowest BCUT2D eigenvalue weighted by Gasteiger charge is -2.26. The smallest absolute Gasteiger partial charge is 0.267 e. The van der Waals surface area contributed by atoms with Gasteiger partial charge in [-0.15, -0.1) is 5.10 Å². The van der Waals surface area contributed by atoms with Crippen molar-refractivity contribution in [1.29, 1.82) is 0 Å². The first-order valence-corrected chi connectivity index (χ1v) is 6.72. The minimum absolute atomic E-state index is 0.00862. The fraction of sp³-hybridized carbons (Fsp3) is 0.636. The van der Waals surface area contributed by atoms with Crippen molar-refractivity contribution in [3.05, 3.63) is 10.6 Å². The van der Waals surface area contributed by atoms with Crippen LogP contribution in [0.5, 0.6) is 0 Å². The molecule has 98 valence electrons. The second-order valence-corrected chi connectivity index (χ2v) is 5.35. The van der Waals surface area contributed by atoms with E-state index in [1.54, 1.807) is 4.90 Å². The van der Waals surface area contributed by atoms with E-state index in [1.165, 1.54) is 0 Å². The highest BCUT2D eigenvalue weighted by atomic mass is 32.1. The standard InChI is InChI=1S/C11H16N4O2S/c1-7(2)9-10(18-14-12-9)11(16)15-5-3-8(13-17)4-6-15/h7,17H,3-6H2,1-2H3. The number of piperidine rings is 1. The Kier molecular flexibility index (Phi) is 3.90. The van der Waals surface area contributed by atoms with Crippen molar-refractivity contribution < 1.29 is 10.0 Å². The maximum absolute atomic E-state index is 12.3. The van der Waals surface area contributed by atoms with Crippen molar-refractivity contribution in [3.63, 3.8) is 0 Å². The number of likely N-dealkylation sites (tertiary alicyclic amines) is 1. The molecule has 0 aliphatic carbocycles. The molecule has 1 amide bonds. The number of carbonyl (C=O) groups is 1. The molecule has 18 heavy (non-hydrogen) atoms. The fourth-order valence-corrected chi connectivity index (χ4v) is 2.72. The SMILES string of the molecule is CC(C)c1nnsc1C(=O)N1CCC(=NO)CC1.